The summed E-state index contributed by atoms with van der Waals surface area (Å²) in [5.41, 5.74) is 1.58. The van der Waals surface area contributed by atoms with Crippen LogP contribution in [-0.2, 0) is 6.42 Å². The third-order valence-electron chi connectivity index (χ3n) is 3.53. The van der Waals surface area contributed by atoms with Gasteiger partial charge in [0.1, 0.15) is 0 Å². The van der Waals surface area contributed by atoms with Gasteiger partial charge < -0.3 is 10.6 Å². The van der Waals surface area contributed by atoms with Crippen LogP contribution in [0.2, 0.25) is 0 Å². The minimum Gasteiger partial charge on any atom is -0.355 e. The molecule has 2 heterocycles. The lowest BCUT2D eigenvalue weighted by Crippen LogP contribution is -2.34. The van der Waals surface area contributed by atoms with Gasteiger partial charge in [-0.15, -0.1) is 0 Å². The molecule has 0 unspecified atom stereocenters. The molecule has 0 aromatic carbocycles. The summed E-state index contributed by atoms with van der Waals surface area (Å²) in [5.74, 6) is 1.22. The van der Waals surface area contributed by atoms with Crippen molar-refractivity contribution in [2.75, 3.05) is 25.0 Å². The fourth-order valence-corrected chi connectivity index (χ4v) is 2.45. The van der Waals surface area contributed by atoms with E-state index in [0.717, 1.165) is 37.3 Å². The zero-order valence-electron chi connectivity index (χ0n) is 11.2. The van der Waals surface area contributed by atoms with Gasteiger partial charge in [0, 0.05) is 17.8 Å². The molecule has 1 aromatic heterocycles. The molecular weight excluding hydrogens is 228 g/mol. The molecule has 5 heteroatoms. The second-order valence-electron chi connectivity index (χ2n) is 4.93. The minimum atomic E-state index is -0.0192. The quantitative estimate of drug-likeness (QED) is 0.747. The molecule has 1 atom stereocenters. The average Bonchev–Trinajstić information content (AvgIpc) is 2.37. The van der Waals surface area contributed by atoms with Gasteiger partial charge in [-0.2, -0.15) is 0 Å². The summed E-state index contributed by atoms with van der Waals surface area (Å²) in [6, 6.07) is 0. The standard InChI is InChI=1S/C13H22N4O/c1-3-11-9(2)16-13(17-12(11)18)15-8-10-5-4-6-14-7-10/h10,14H,3-8H2,1-2H3,(H2,15,16,17,18)/t10-/m1/s1. The molecule has 1 aliphatic heterocycles. The molecule has 1 saturated heterocycles. The van der Waals surface area contributed by atoms with Gasteiger partial charge in [0.25, 0.3) is 5.56 Å². The summed E-state index contributed by atoms with van der Waals surface area (Å²) in [6.45, 7) is 6.89. The van der Waals surface area contributed by atoms with Gasteiger partial charge in [-0.25, -0.2) is 4.98 Å². The molecule has 0 amide bonds. The molecule has 0 bridgehead atoms. The van der Waals surface area contributed by atoms with Gasteiger partial charge in [-0.05, 0) is 45.2 Å². The molecule has 1 aliphatic rings. The normalized spacial score (nSPS) is 19.8. The number of nitrogens with zero attached hydrogens (tertiary/aromatic N) is 1. The highest BCUT2D eigenvalue weighted by atomic mass is 16.1. The second-order valence-corrected chi connectivity index (χ2v) is 4.93. The minimum absolute atomic E-state index is 0.0192. The number of aromatic amines is 1. The Morgan fingerprint density at radius 1 is 1.50 bits per heavy atom. The number of hydrogen-bond acceptors (Lipinski definition) is 4. The Bertz CT molecular complexity index is 449. The van der Waals surface area contributed by atoms with Crippen LogP contribution in [0.3, 0.4) is 0 Å². The predicted octanol–water partition coefficient (Wildman–Crippen LogP) is 1.05. The molecular formula is C13H22N4O. The fourth-order valence-electron chi connectivity index (χ4n) is 2.45. The maximum Gasteiger partial charge on any atom is 0.255 e. The highest BCUT2D eigenvalue weighted by molar-refractivity contribution is 5.29. The van der Waals surface area contributed by atoms with E-state index in [-0.39, 0.29) is 5.56 Å². The maximum atomic E-state index is 11.8. The maximum absolute atomic E-state index is 11.8. The second kappa shape index (κ2) is 6.00. The molecule has 0 radical (unpaired) electrons. The van der Waals surface area contributed by atoms with E-state index in [1.54, 1.807) is 0 Å². The predicted molar refractivity (Wildman–Crippen MR) is 73.1 cm³/mol. The van der Waals surface area contributed by atoms with Crippen LogP contribution in [0.4, 0.5) is 5.95 Å². The first-order valence-electron chi connectivity index (χ1n) is 6.75. The van der Waals surface area contributed by atoms with E-state index in [0.29, 0.717) is 11.9 Å². The van der Waals surface area contributed by atoms with Crippen molar-refractivity contribution in [2.24, 2.45) is 5.92 Å². The number of anilines is 1. The molecule has 3 N–H and O–H groups in total. The van der Waals surface area contributed by atoms with E-state index in [1.807, 2.05) is 13.8 Å². The summed E-state index contributed by atoms with van der Waals surface area (Å²) in [4.78, 5) is 19.0. The van der Waals surface area contributed by atoms with E-state index in [9.17, 15) is 4.79 Å². The molecule has 2 rings (SSSR count). The van der Waals surface area contributed by atoms with E-state index in [1.165, 1.54) is 12.8 Å². The number of nitrogens with one attached hydrogen (secondary N) is 3. The Hall–Kier alpha value is -1.36. The Morgan fingerprint density at radius 2 is 2.33 bits per heavy atom. The van der Waals surface area contributed by atoms with Gasteiger partial charge in [0.15, 0.2) is 0 Å². The first kappa shape index (κ1) is 13.1. The van der Waals surface area contributed by atoms with Gasteiger partial charge in [-0.1, -0.05) is 6.92 Å². The molecule has 5 nitrogen and oxygen atoms in total. The zero-order chi connectivity index (χ0) is 13.0. The average molecular weight is 250 g/mol. The van der Waals surface area contributed by atoms with Crippen LogP contribution in [0.25, 0.3) is 0 Å². The number of H-pyrrole nitrogens is 1. The highest BCUT2D eigenvalue weighted by Gasteiger charge is 2.13. The van der Waals surface area contributed by atoms with Gasteiger partial charge in [-0.3, -0.25) is 9.78 Å². The third-order valence-corrected chi connectivity index (χ3v) is 3.53. The van der Waals surface area contributed by atoms with Crippen molar-refractivity contribution in [1.82, 2.24) is 15.3 Å². The third kappa shape index (κ3) is 3.10. The lowest BCUT2D eigenvalue weighted by atomic mass is 10.00. The zero-order valence-corrected chi connectivity index (χ0v) is 11.2. The lowest BCUT2D eigenvalue weighted by molar-refractivity contribution is 0.392. The Kier molecular flexibility index (Phi) is 4.36. The number of rotatable bonds is 4. The van der Waals surface area contributed by atoms with Crippen LogP contribution >= 0.6 is 0 Å². The smallest absolute Gasteiger partial charge is 0.255 e. The van der Waals surface area contributed by atoms with E-state index >= 15 is 0 Å². The van der Waals surface area contributed by atoms with Crippen molar-refractivity contribution < 1.29 is 0 Å². The van der Waals surface area contributed by atoms with Crippen LogP contribution in [0.15, 0.2) is 4.79 Å². The Labute approximate surface area is 107 Å². The Balaban J connectivity index is 1.99. The monoisotopic (exact) mass is 250 g/mol. The SMILES string of the molecule is CCc1c(C)nc(NC[C@@H]2CCCNC2)[nH]c1=O. The van der Waals surface area contributed by atoms with E-state index in [2.05, 4.69) is 20.6 Å². The van der Waals surface area contributed by atoms with Crippen molar-refractivity contribution in [3.05, 3.63) is 21.6 Å². The number of piperidine rings is 1. The summed E-state index contributed by atoms with van der Waals surface area (Å²) in [5, 5.41) is 6.62. The fraction of sp³-hybridized carbons (Fsp3) is 0.692. The van der Waals surface area contributed by atoms with Crippen molar-refractivity contribution in [2.45, 2.75) is 33.1 Å². The largest absolute Gasteiger partial charge is 0.355 e. The van der Waals surface area contributed by atoms with Crippen LogP contribution < -0.4 is 16.2 Å². The molecule has 1 aromatic rings. The lowest BCUT2D eigenvalue weighted by Gasteiger charge is -2.23. The van der Waals surface area contributed by atoms with Crippen LogP contribution in [0.5, 0.6) is 0 Å². The van der Waals surface area contributed by atoms with Crippen LogP contribution in [0, 0.1) is 12.8 Å². The summed E-state index contributed by atoms with van der Waals surface area (Å²) < 4.78 is 0. The first-order chi connectivity index (χ1) is 8.70. The highest BCUT2D eigenvalue weighted by Crippen LogP contribution is 2.10. The topological polar surface area (TPSA) is 69.8 Å². The molecule has 0 aliphatic carbocycles. The number of aryl methyl sites for hydroxylation is 1. The summed E-state index contributed by atoms with van der Waals surface area (Å²) in [7, 11) is 0. The number of hydrogen-bond donors (Lipinski definition) is 3. The molecule has 1 fully saturated rings. The first-order valence-corrected chi connectivity index (χ1v) is 6.75. The summed E-state index contributed by atoms with van der Waals surface area (Å²) in [6.07, 6.45) is 3.18. The van der Waals surface area contributed by atoms with E-state index in [4.69, 9.17) is 0 Å². The van der Waals surface area contributed by atoms with Gasteiger partial charge >= 0.3 is 0 Å². The van der Waals surface area contributed by atoms with Crippen LogP contribution in [-0.4, -0.2) is 29.6 Å². The summed E-state index contributed by atoms with van der Waals surface area (Å²) >= 11 is 0. The molecule has 0 saturated carbocycles. The van der Waals surface area contributed by atoms with Crippen molar-refractivity contribution >= 4 is 5.95 Å². The molecule has 18 heavy (non-hydrogen) atoms. The van der Waals surface area contributed by atoms with Crippen molar-refractivity contribution in [1.29, 1.82) is 0 Å². The molecule has 0 spiro atoms. The Morgan fingerprint density at radius 3 is 2.94 bits per heavy atom. The van der Waals surface area contributed by atoms with Crippen LogP contribution in [0.1, 0.15) is 31.0 Å². The molecule has 100 valence electrons. The van der Waals surface area contributed by atoms with Crippen molar-refractivity contribution in [3.8, 4) is 0 Å². The van der Waals surface area contributed by atoms with Gasteiger partial charge in [0.2, 0.25) is 5.95 Å². The van der Waals surface area contributed by atoms with Gasteiger partial charge in [0.05, 0.1) is 0 Å². The van der Waals surface area contributed by atoms with Crippen molar-refractivity contribution in [3.63, 3.8) is 0 Å². The number of aromatic nitrogens is 2. The van der Waals surface area contributed by atoms with E-state index < -0.39 is 0 Å².